The zero-order chi connectivity index (χ0) is 20.7. The first kappa shape index (κ1) is 21.5. The molecule has 154 valence electrons. The molecule has 1 unspecified atom stereocenters. The van der Waals surface area contributed by atoms with Gasteiger partial charge in [-0.15, -0.1) is 0 Å². The third-order valence-electron chi connectivity index (χ3n) is 4.15. The molecule has 8 heteroatoms. The van der Waals surface area contributed by atoms with Crippen LogP contribution < -0.4 is 15.4 Å². The summed E-state index contributed by atoms with van der Waals surface area (Å²) in [5.74, 6) is -1.12. The van der Waals surface area contributed by atoms with Crippen molar-refractivity contribution >= 4 is 18.0 Å². The summed E-state index contributed by atoms with van der Waals surface area (Å²) < 4.78 is 10.9. The normalized spacial score (nSPS) is 16.4. The van der Waals surface area contributed by atoms with Crippen molar-refractivity contribution in [3.05, 3.63) is 29.3 Å². The van der Waals surface area contributed by atoms with Gasteiger partial charge in [-0.1, -0.05) is 6.07 Å². The van der Waals surface area contributed by atoms with Crippen molar-refractivity contribution < 1.29 is 29.0 Å². The molecule has 0 saturated heterocycles. The molecule has 1 heterocycles. The summed E-state index contributed by atoms with van der Waals surface area (Å²) in [6.07, 6.45) is 0.374. The minimum atomic E-state index is -0.983. The highest BCUT2D eigenvalue weighted by molar-refractivity contribution is 5.84. The lowest BCUT2D eigenvalue weighted by atomic mass is 9.94. The van der Waals surface area contributed by atoms with Crippen LogP contribution in [0.1, 0.15) is 44.7 Å². The highest BCUT2D eigenvalue weighted by atomic mass is 16.6. The van der Waals surface area contributed by atoms with Gasteiger partial charge < -0.3 is 25.2 Å². The Morgan fingerprint density at radius 3 is 2.71 bits per heavy atom. The number of carboxylic acid groups (broad SMARTS) is 1. The molecule has 0 saturated carbocycles. The van der Waals surface area contributed by atoms with Gasteiger partial charge in [0.25, 0.3) is 0 Å². The van der Waals surface area contributed by atoms with Gasteiger partial charge in [-0.05, 0) is 56.9 Å². The highest BCUT2D eigenvalue weighted by Crippen LogP contribution is 2.24. The number of carboxylic acids is 1. The van der Waals surface area contributed by atoms with Gasteiger partial charge in [0, 0.05) is 13.1 Å². The summed E-state index contributed by atoms with van der Waals surface area (Å²) in [6, 6.07) is 5.55. The Kier molecular flexibility index (Phi) is 7.25. The maximum atomic E-state index is 12.0. The van der Waals surface area contributed by atoms with Gasteiger partial charge in [0.15, 0.2) is 0 Å². The Morgan fingerprint density at radius 1 is 1.29 bits per heavy atom. The zero-order valence-corrected chi connectivity index (χ0v) is 16.5. The van der Waals surface area contributed by atoms with Crippen molar-refractivity contribution in [1.29, 1.82) is 0 Å². The summed E-state index contributed by atoms with van der Waals surface area (Å²) in [5.41, 5.74) is 1.34. The number of aliphatic carboxylic acids is 1. The van der Waals surface area contributed by atoms with Crippen molar-refractivity contribution in [3.8, 4) is 5.75 Å². The fraction of sp³-hybridized carbons (Fsp3) is 0.550. The average Bonchev–Trinajstić information content (AvgIpc) is 2.72. The minimum absolute atomic E-state index is 0.186. The molecule has 2 amide bonds. The van der Waals surface area contributed by atoms with Crippen molar-refractivity contribution in [2.24, 2.45) is 5.92 Å². The number of ether oxygens (including phenoxy) is 2. The summed E-state index contributed by atoms with van der Waals surface area (Å²) in [4.78, 5) is 34.5. The number of carbonyl (C=O) groups is 3. The number of rotatable bonds is 7. The molecule has 0 spiro atoms. The van der Waals surface area contributed by atoms with Crippen molar-refractivity contribution in [3.63, 3.8) is 0 Å². The highest BCUT2D eigenvalue weighted by Gasteiger charge is 2.26. The fourth-order valence-corrected chi connectivity index (χ4v) is 2.88. The van der Waals surface area contributed by atoms with E-state index in [2.05, 4.69) is 10.6 Å². The number of alkyl carbamates (subject to hydrolysis) is 1. The number of hydrogen-bond acceptors (Lipinski definition) is 5. The topological polar surface area (TPSA) is 114 Å². The molecule has 0 fully saturated rings. The van der Waals surface area contributed by atoms with Crippen LogP contribution in [0.15, 0.2) is 18.2 Å². The lowest BCUT2D eigenvalue weighted by Crippen LogP contribution is -2.33. The number of hydrogen-bond donors (Lipinski definition) is 3. The summed E-state index contributed by atoms with van der Waals surface area (Å²) in [7, 11) is 0. The summed E-state index contributed by atoms with van der Waals surface area (Å²) in [6.45, 7) is 6.62. The molecule has 1 aliphatic rings. The van der Waals surface area contributed by atoms with Crippen LogP contribution in [0.4, 0.5) is 4.79 Å². The standard InChI is InChI=1S/C20H28N2O6/c1-20(2,3)28-19(26)21-7-4-8-27-16-6-5-13-9-14(11-17(23)24)18(25)22-12-15(13)10-16/h5-6,10,14H,4,7-9,11-12H2,1-3H3,(H,21,26)(H,22,25)(H,23,24). The number of amides is 2. The average molecular weight is 392 g/mol. The third-order valence-corrected chi connectivity index (χ3v) is 4.15. The Morgan fingerprint density at radius 2 is 2.04 bits per heavy atom. The van der Waals surface area contributed by atoms with E-state index in [9.17, 15) is 14.4 Å². The molecule has 0 aliphatic carbocycles. The van der Waals surface area contributed by atoms with E-state index in [0.717, 1.165) is 11.1 Å². The predicted molar refractivity (Wildman–Crippen MR) is 102 cm³/mol. The maximum Gasteiger partial charge on any atom is 0.407 e. The van der Waals surface area contributed by atoms with E-state index in [4.69, 9.17) is 14.6 Å². The third kappa shape index (κ3) is 7.09. The molecule has 1 aromatic carbocycles. The van der Waals surface area contributed by atoms with Crippen molar-refractivity contribution in [1.82, 2.24) is 10.6 Å². The predicted octanol–water partition coefficient (Wildman–Crippen LogP) is 2.24. The van der Waals surface area contributed by atoms with E-state index in [0.29, 0.717) is 38.3 Å². The van der Waals surface area contributed by atoms with Crippen LogP contribution in [0.5, 0.6) is 5.75 Å². The van der Waals surface area contributed by atoms with Gasteiger partial charge in [0.2, 0.25) is 5.91 Å². The van der Waals surface area contributed by atoms with Crippen LogP contribution in [0.2, 0.25) is 0 Å². The smallest absolute Gasteiger partial charge is 0.407 e. The molecule has 8 nitrogen and oxygen atoms in total. The number of carbonyl (C=O) groups excluding carboxylic acids is 2. The first-order chi connectivity index (χ1) is 13.1. The molecule has 0 radical (unpaired) electrons. The van der Waals surface area contributed by atoms with Gasteiger partial charge in [0.1, 0.15) is 11.4 Å². The summed E-state index contributed by atoms with van der Waals surface area (Å²) in [5, 5.41) is 14.4. The SMILES string of the molecule is CC(C)(C)OC(=O)NCCCOc1ccc2c(c1)CNC(=O)C(CC(=O)O)C2. The van der Waals surface area contributed by atoms with Crippen LogP contribution in [0.25, 0.3) is 0 Å². The van der Waals surface area contributed by atoms with E-state index in [1.54, 1.807) is 20.8 Å². The van der Waals surface area contributed by atoms with E-state index in [1.165, 1.54) is 0 Å². The number of fused-ring (bicyclic) bond motifs is 1. The second-order valence-electron chi connectivity index (χ2n) is 7.78. The van der Waals surface area contributed by atoms with Crippen LogP contribution in [0, 0.1) is 5.92 Å². The zero-order valence-electron chi connectivity index (χ0n) is 16.5. The van der Waals surface area contributed by atoms with Gasteiger partial charge >= 0.3 is 12.1 Å². The minimum Gasteiger partial charge on any atom is -0.494 e. The van der Waals surface area contributed by atoms with Crippen LogP contribution >= 0.6 is 0 Å². The fourth-order valence-electron chi connectivity index (χ4n) is 2.88. The van der Waals surface area contributed by atoms with Gasteiger partial charge in [-0.3, -0.25) is 9.59 Å². The number of nitrogens with one attached hydrogen (secondary N) is 2. The van der Waals surface area contributed by atoms with Gasteiger partial charge in [-0.2, -0.15) is 0 Å². The van der Waals surface area contributed by atoms with Gasteiger partial charge in [-0.25, -0.2) is 4.79 Å². The molecule has 2 rings (SSSR count). The van der Waals surface area contributed by atoms with Crippen LogP contribution in [-0.2, 0) is 27.3 Å². The van der Waals surface area contributed by atoms with Crippen molar-refractivity contribution in [2.45, 2.75) is 52.2 Å². The van der Waals surface area contributed by atoms with E-state index < -0.39 is 23.6 Å². The molecule has 3 N–H and O–H groups in total. The largest absolute Gasteiger partial charge is 0.494 e. The van der Waals surface area contributed by atoms with E-state index in [-0.39, 0.29) is 12.3 Å². The summed E-state index contributed by atoms with van der Waals surface area (Å²) >= 11 is 0. The molecule has 0 bridgehead atoms. The van der Waals surface area contributed by atoms with E-state index in [1.807, 2.05) is 18.2 Å². The quantitative estimate of drug-likeness (QED) is 0.613. The first-order valence-corrected chi connectivity index (χ1v) is 9.35. The lowest BCUT2D eigenvalue weighted by molar-refractivity contribution is -0.141. The second-order valence-corrected chi connectivity index (χ2v) is 7.78. The lowest BCUT2D eigenvalue weighted by Gasteiger charge is -2.19. The van der Waals surface area contributed by atoms with Crippen LogP contribution in [0.3, 0.4) is 0 Å². The van der Waals surface area contributed by atoms with Crippen LogP contribution in [-0.4, -0.2) is 41.8 Å². The monoisotopic (exact) mass is 392 g/mol. The molecule has 0 aromatic heterocycles. The van der Waals surface area contributed by atoms with Crippen molar-refractivity contribution in [2.75, 3.05) is 13.2 Å². The molecular weight excluding hydrogens is 364 g/mol. The Bertz CT molecular complexity index is 726. The Hall–Kier alpha value is -2.77. The maximum absolute atomic E-state index is 12.0. The molecule has 1 aromatic rings. The Labute approximate surface area is 164 Å². The first-order valence-electron chi connectivity index (χ1n) is 9.35. The van der Waals surface area contributed by atoms with E-state index >= 15 is 0 Å². The molecule has 28 heavy (non-hydrogen) atoms. The molecular formula is C20H28N2O6. The molecule has 1 atom stereocenters. The Balaban J connectivity index is 1.82. The number of benzene rings is 1. The second kappa shape index (κ2) is 9.43. The molecule has 1 aliphatic heterocycles. The van der Waals surface area contributed by atoms with Gasteiger partial charge in [0.05, 0.1) is 18.9 Å².